The van der Waals surface area contributed by atoms with E-state index in [4.69, 9.17) is 5.73 Å². The van der Waals surface area contributed by atoms with E-state index in [-0.39, 0.29) is 6.04 Å². The summed E-state index contributed by atoms with van der Waals surface area (Å²) in [7, 11) is -3.19. The molecule has 1 aromatic heterocycles. The summed E-state index contributed by atoms with van der Waals surface area (Å²) in [6.45, 7) is 0. The van der Waals surface area contributed by atoms with Crippen LogP contribution in [0.1, 0.15) is 23.7 Å². The predicted octanol–water partition coefficient (Wildman–Crippen LogP) is 3.92. The molecule has 0 aliphatic rings. The number of hydrogen-bond donors (Lipinski definition) is 2. The first-order valence-electron chi connectivity index (χ1n) is 8.24. The SMILES string of the molecule is CS(=O)(=O)c1ccc(Nc2nc(C(N)CCc3ccccc3)cs2)cc1. The summed E-state index contributed by atoms with van der Waals surface area (Å²) >= 11 is 1.48. The Morgan fingerprint density at radius 2 is 1.81 bits per heavy atom. The highest BCUT2D eigenvalue weighted by molar-refractivity contribution is 7.90. The van der Waals surface area contributed by atoms with Gasteiger partial charge in [-0.1, -0.05) is 30.3 Å². The van der Waals surface area contributed by atoms with Crippen LogP contribution in [0.4, 0.5) is 10.8 Å². The number of aromatic nitrogens is 1. The third-order valence-corrected chi connectivity index (χ3v) is 5.93. The Hall–Kier alpha value is -2.22. The normalized spacial score (nSPS) is 12.7. The second kappa shape index (κ2) is 7.99. The van der Waals surface area contributed by atoms with Gasteiger partial charge in [0.05, 0.1) is 10.6 Å². The smallest absolute Gasteiger partial charge is 0.187 e. The largest absolute Gasteiger partial charge is 0.332 e. The lowest BCUT2D eigenvalue weighted by Gasteiger charge is -2.09. The fourth-order valence-corrected chi connectivity index (χ4v) is 3.96. The van der Waals surface area contributed by atoms with E-state index in [0.29, 0.717) is 4.90 Å². The van der Waals surface area contributed by atoms with Crippen LogP contribution < -0.4 is 11.1 Å². The van der Waals surface area contributed by atoms with E-state index in [1.165, 1.54) is 23.2 Å². The van der Waals surface area contributed by atoms with Gasteiger partial charge in [0.2, 0.25) is 0 Å². The lowest BCUT2D eigenvalue weighted by atomic mass is 10.0. The zero-order chi connectivity index (χ0) is 18.6. The van der Waals surface area contributed by atoms with E-state index in [2.05, 4.69) is 22.4 Å². The zero-order valence-electron chi connectivity index (χ0n) is 14.4. The first-order valence-corrected chi connectivity index (χ1v) is 11.0. The van der Waals surface area contributed by atoms with Crippen LogP contribution >= 0.6 is 11.3 Å². The van der Waals surface area contributed by atoms with Crippen LogP contribution in [0.25, 0.3) is 0 Å². The molecular weight excluding hydrogens is 366 g/mol. The molecule has 0 amide bonds. The lowest BCUT2D eigenvalue weighted by molar-refractivity contribution is 0.602. The average molecular weight is 388 g/mol. The van der Waals surface area contributed by atoms with E-state index in [0.717, 1.165) is 29.4 Å². The molecule has 7 heteroatoms. The van der Waals surface area contributed by atoms with Crippen molar-refractivity contribution >= 4 is 32.0 Å². The molecule has 26 heavy (non-hydrogen) atoms. The third-order valence-electron chi connectivity index (χ3n) is 4.02. The number of rotatable bonds is 7. The molecule has 0 saturated carbocycles. The third kappa shape index (κ3) is 4.91. The monoisotopic (exact) mass is 387 g/mol. The van der Waals surface area contributed by atoms with Crippen LogP contribution in [0, 0.1) is 0 Å². The minimum atomic E-state index is -3.19. The molecule has 0 radical (unpaired) electrons. The molecule has 0 bridgehead atoms. The number of nitrogens with zero attached hydrogens (tertiary/aromatic N) is 1. The van der Waals surface area contributed by atoms with Crippen LogP contribution in [0.2, 0.25) is 0 Å². The number of nitrogens with two attached hydrogens (primary N) is 1. The van der Waals surface area contributed by atoms with Crippen molar-refractivity contribution in [1.29, 1.82) is 0 Å². The predicted molar refractivity (Wildman–Crippen MR) is 107 cm³/mol. The number of hydrogen-bond acceptors (Lipinski definition) is 6. The van der Waals surface area contributed by atoms with Crippen molar-refractivity contribution in [2.75, 3.05) is 11.6 Å². The van der Waals surface area contributed by atoms with Gasteiger partial charge in [-0.05, 0) is 42.7 Å². The highest BCUT2D eigenvalue weighted by Gasteiger charge is 2.12. The second-order valence-electron chi connectivity index (χ2n) is 6.13. The first-order chi connectivity index (χ1) is 12.4. The summed E-state index contributed by atoms with van der Waals surface area (Å²) < 4.78 is 23.0. The van der Waals surface area contributed by atoms with Crippen molar-refractivity contribution in [2.24, 2.45) is 5.73 Å². The molecule has 136 valence electrons. The second-order valence-corrected chi connectivity index (χ2v) is 9.00. The van der Waals surface area contributed by atoms with Gasteiger partial charge in [0, 0.05) is 23.4 Å². The number of thiazole rings is 1. The molecule has 3 rings (SSSR count). The first kappa shape index (κ1) is 18.6. The Bertz CT molecular complexity index is 952. The molecule has 0 aliphatic carbocycles. The average Bonchev–Trinajstić information content (AvgIpc) is 3.09. The Labute approximate surface area is 157 Å². The van der Waals surface area contributed by atoms with Crippen LogP contribution in [-0.2, 0) is 16.3 Å². The fraction of sp³-hybridized carbons (Fsp3) is 0.211. The zero-order valence-corrected chi connectivity index (χ0v) is 16.1. The maximum absolute atomic E-state index is 11.5. The van der Waals surface area contributed by atoms with Crippen LogP contribution in [0.3, 0.4) is 0 Å². The molecule has 0 fully saturated rings. The molecule has 1 heterocycles. The van der Waals surface area contributed by atoms with E-state index >= 15 is 0 Å². The Kier molecular flexibility index (Phi) is 5.70. The van der Waals surface area contributed by atoms with Crippen molar-refractivity contribution in [3.05, 3.63) is 71.2 Å². The van der Waals surface area contributed by atoms with Gasteiger partial charge in [0.15, 0.2) is 15.0 Å². The fourth-order valence-electron chi connectivity index (χ4n) is 2.54. The standard InChI is InChI=1S/C19H21N3O2S2/c1-26(23,24)16-10-8-15(9-11-16)21-19-22-18(13-25-19)17(20)12-7-14-5-3-2-4-6-14/h2-6,8-11,13,17H,7,12,20H2,1H3,(H,21,22). The van der Waals surface area contributed by atoms with Gasteiger partial charge in [-0.25, -0.2) is 13.4 Å². The maximum Gasteiger partial charge on any atom is 0.187 e. The molecule has 3 N–H and O–H groups in total. The van der Waals surface area contributed by atoms with Crippen molar-refractivity contribution in [2.45, 2.75) is 23.8 Å². The maximum atomic E-state index is 11.5. The molecule has 1 unspecified atom stereocenters. The number of aryl methyl sites for hydroxylation is 1. The summed E-state index contributed by atoms with van der Waals surface area (Å²) in [5, 5.41) is 5.89. The van der Waals surface area contributed by atoms with Gasteiger partial charge in [0.1, 0.15) is 0 Å². The summed E-state index contributed by atoms with van der Waals surface area (Å²) in [5.41, 5.74) is 9.18. The Morgan fingerprint density at radius 1 is 1.12 bits per heavy atom. The number of nitrogens with one attached hydrogen (secondary N) is 1. The van der Waals surface area contributed by atoms with Gasteiger partial charge in [-0.15, -0.1) is 11.3 Å². The van der Waals surface area contributed by atoms with E-state index in [9.17, 15) is 8.42 Å². The Balaban J connectivity index is 1.60. The highest BCUT2D eigenvalue weighted by atomic mass is 32.2. The van der Waals surface area contributed by atoms with E-state index in [1.807, 2.05) is 23.6 Å². The Morgan fingerprint density at radius 3 is 2.46 bits per heavy atom. The molecule has 0 saturated heterocycles. The van der Waals surface area contributed by atoms with Crippen molar-refractivity contribution < 1.29 is 8.42 Å². The quantitative estimate of drug-likeness (QED) is 0.642. The van der Waals surface area contributed by atoms with Crippen molar-refractivity contribution in [3.63, 3.8) is 0 Å². The molecule has 2 aromatic carbocycles. The molecule has 3 aromatic rings. The van der Waals surface area contributed by atoms with Gasteiger partial charge in [0.25, 0.3) is 0 Å². The van der Waals surface area contributed by atoms with Gasteiger partial charge in [-0.2, -0.15) is 0 Å². The van der Waals surface area contributed by atoms with E-state index < -0.39 is 9.84 Å². The summed E-state index contributed by atoms with van der Waals surface area (Å²) in [5.74, 6) is 0. The van der Waals surface area contributed by atoms with Crippen LogP contribution in [0.5, 0.6) is 0 Å². The van der Waals surface area contributed by atoms with Gasteiger partial charge in [-0.3, -0.25) is 0 Å². The number of benzene rings is 2. The molecule has 5 nitrogen and oxygen atoms in total. The minimum Gasteiger partial charge on any atom is -0.332 e. The topological polar surface area (TPSA) is 85.1 Å². The number of sulfone groups is 1. The highest BCUT2D eigenvalue weighted by Crippen LogP contribution is 2.25. The summed E-state index contributed by atoms with van der Waals surface area (Å²) in [6.07, 6.45) is 2.94. The van der Waals surface area contributed by atoms with E-state index in [1.54, 1.807) is 24.3 Å². The van der Waals surface area contributed by atoms with Crippen LogP contribution in [0.15, 0.2) is 64.9 Å². The number of anilines is 2. The lowest BCUT2D eigenvalue weighted by Crippen LogP contribution is -2.11. The minimum absolute atomic E-state index is 0.116. The molecule has 0 spiro atoms. The van der Waals surface area contributed by atoms with Gasteiger partial charge < -0.3 is 11.1 Å². The molecular formula is C19H21N3O2S2. The van der Waals surface area contributed by atoms with Gasteiger partial charge >= 0.3 is 0 Å². The van der Waals surface area contributed by atoms with Crippen molar-refractivity contribution in [1.82, 2.24) is 4.98 Å². The molecule has 1 atom stereocenters. The summed E-state index contributed by atoms with van der Waals surface area (Å²) in [4.78, 5) is 4.85. The summed E-state index contributed by atoms with van der Waals surface area (Å²) in [6, 6.07) is 16.8. The van der Waals surface area contributed by atoms with Crippen LogP contribution in [-0.4, -0.2) is 19.7 Å². The van der Waals surface area contributed by atoms with Crippen molar-refractivity contribution in [3.8, 4) is 0 Å². The molecule has 0 aliphatic heterocycles.